The summed E-state index contributed by atoms with van der Waals surface area (Å²) in [6, 6.07) is 7.80. The first kappa shape index (κ1) is 16.4. The zero-order valence-electron chi connectivity index (χ0n) is 13.2. The molecule has 0 atom stereocenters. The van der Waals surface area contributed by atoms with Crippen molar-refractivity contribution >= 4 is 41.0 Å². The van der Waals surface area contributed by atoms with E-state index in [2.05, 4.69) is 22.9 Å². The highest BCUT2D eigenvalue weighted by molar-refractivity contribution is 6.42. The second-order valence-corrected chi connectivity index (χ2v) is 6.70. The Hall–Kier alpha value is -1.51. The number of piperidine rings is 1. The number of pyridine rings is 1. The molecule has 4 heteroatoms. The molecule has 0 radical (unpaired) electrons. The number of anilines is 1. The Labute approximate surface area is 147 Å². The van der Waals surface area contributed by atoms with Crippen LogP contribution < -0.4 is 4.90 Å². The molecule has 1 fully saturated rings. The SMILES string of the molecule is Cc1cnc(/C=C/c2cccc(Cl)c2Cl)cc1N1CCCCC1. The highest BCUT2D eigenvalue weighted by Crippen LogP contribution is 2.28. The van der Waals surface area contributed by atoms with Crippen LogP contribution in [-0.2, 0) is 0 Å². The average molecular weight is 347 g/mol. The second kappa shape index (κ2) is 7.37. The molecule has 120 valence electrons. The molecule has 2 nitrogen and oxygen atoms in total. The van der Waals surface area contributed by atoms with Gasteiger partial charge in [-0.05, 0) is 55.5 Å². The fourth-order valence-corrected chi connectivity index (χ4v) is 3.29. The van der Waals surface area contributed by atoms with Gasteiger partial charge >= 0.3 is 0 Å². The molecule has 1 aliphatic heterocycles. The minimum Gasteiger partial charge on any atom is -0.371 e. The van der Waals surface area contributed by atoms with Gasteiger partial charge in [-0.3, -0.25) is 4.98 Å². The van der Waals surface area contributed by atoms with Gasteiger partial charge in [0.2, 0.25) is 0 Å². The molecule has 0 unspecified atom stereocenters. The Morgan fingerprint density at radius 1 is 1.09 bits per heavy atom. The van der Waals surface area contributed by atoms with Crippen molar-refractivity contribution in [1.82, 2.24) is 4.98 Å². The molecule has 0 amide bonds. The van der Waals surface area contributed by atoms with E-state index >= 15 is 0 Å². The number of benzene rings is 1. The van der Waals surface area contributed by atoms with Crippen LogP contribution in [0, 0.1) is 6.92 Å². The number of hydrogen-bond acceptors (Lipinski definition) is 2. The van der Waals surface area contributed by atoms with Crippen LogP contribution in [-0.4, -0.2) is 18.1 Å². The Morgan fingerprint density at radius 3 is 2.65 bits per heavy atom. The normalized spacial score (nSPS) is 15.3. The first-order valence-corrected chi connectivity index (χ1v) is 8.74. The molecule has 1 aromatic carbocycles. The van der Waals surface area contributed by atoms with E-state index in [1.54, 1.807) is 6.07 Å². The second-order valence-electron chi connectivity index (χ2n) is 5.92. The summed E-state index contributed by atoms with van der Waals surface area (Å²) in [4.78, 5) is 6.97. The first-order chi connectivity index (χ1) is 11.1. The topological polar surface area (TPSA) is 16.1 Å². The third-order valence-corrected chi connectivity index (χ3v) is 5.04. The molecule has 0 saturated carbocycles. The van der Waals surface area contributed by atoms with Crippen LogP contribution in [0.1, 0.15) is 36.1 Å². The molecule has 23 heavy (non-hydrogen) atoms. The lowest BCUT2D eigenvalue weighted by molar-refractivity contribution is 0.577. The molecular formula is C19H20Cl2N2. The summed E-state index contributed by atoms with van der Waals surface area (Å²) < 4.78 is 0. The van der Waals surface area contributed by atoms with Gasteiger partial charge in [0.25, 0.3) is 0 Å². The Kier molecular flexibility index (Phi) is 5.24. The first-order valence-electron chi connectivity index (χ1n) is 7.99. The van der Waals surface area contributed by atoms with Gasteiger partial charge in [-0.25, -0.2) is 0 Å². The Morgan fingerprint density at radius 2 is 1.87 bits per heavy atom. The minimum absolute atomic E-state index is 0.569. The van der Waals surface area contributed by atoms with Gasteiger partial charge in [0.05, 0.1) is 15.7 Å². The monoisotopic (exact) mass is 346 g/mol. The summed E-state index contributed by atoms with van der Waals surface area (Å²) in [6.45, 7) is 4.39. The Bertz CT molecular complexity index is 719. The maximum atomic E-state index is 6.23. The Balaban J connectivity index is 1.85. The van der Waals surface area contributed by atoms with E-state index in [4.69, 9.17) is 23.2 Å². The van der Waals surface area contributed by atoms with E-state index in [1.165, 1.54) is 30.5 Å². The maximum Gasteiger partial charge on any atom is 0.0664 e. The van der Waals surface area contributed by atoms with Crippen LogP contribution in [0.5, 0.6) is 0 Å². The van der Waals surface area contributed by atoms with Crippen LogP contribution in [0.4, 0.5) is 5.69 Å². The number of hydrogen-bond donors (Lipinski definition) is 0. The molecule has 0 spiro atoms. The van der Waals surface area contributed by atoms with E-state index in [1.807, 2.05) is 30.5 Å². The van der Waals surface area contributed by atoms with Gasteiger partial charge in [-0.15, -0.1) is 0 Å². The quantitative estimate of drug-likeness (QED) is 0.691. The van der Waals surface area contributed by atoms with Crippen molar-refractivity contribution in [1.29, 1.82) is 0 Å². The standard InChI is InChI=1S/C19H20Cl2N2/c1-14-13-22-16(12-18(14)23-10-3-2-4-11-23)9-8-15-6-5-7-17(20)19(15)21/h5-9,12-13H,2-4,10-11H2,1H3/b9-8+. The van der Waals surface area contributed by atoms with E-state index in [9.17, 15) is 0 Å². The molecule has 2 heterocycles. The predicted molar refractivity (Wildman–Crippen MR) is 100 cm³/mol. The summed E-state index contributed by atoms with van der Waals surface area (Å²) in [5.74, 6) is 0. The summed E-state index contributed by atoms with van der Waals surface area (Å²) in [5.41, 5.74) is 4.36. The molecule has 0 aliphatic carbocycles. The lowest BCUT2D eigenvalue weighted by Crippen LogP contribution is -2.30. The zero-order chi connectivity index (χ0) is 16.2. The van der Waals surface area contributed by atoms with Gasteiger partial charge in [-0.2, -0.15) is 0 Å². The molecule has 1 aromatic heterocycles. The summed E-state index contributed by atoms with van der Waals surface area (Å²) in [6.07, 6.45) is 9.77. The fraction of sp³-hybridized carbons (Fsp3) is 0.316. The lowest BCUT2D eigenvalue weighted by Gasteiger charge is -2.30. The summed E-state index contributed by atoms with van der Waals surface area (Å²) in [7, 11) is 0. The van der Waals surface area contributed by atoms with Gasteiger partial charge in [0.15, 0.2) is 0 Å². The van der Waals surface area contributed by atoms with Crippen LogP contribution in [0.3, 0.4) is 0 Å². The van der Waals surface area contributed by atoms with Crippen molar-refractivity contribution < 1.29 is 0 Å². The molecule has 1 aliphatic rings. The summed E-state index contributed by atoms with van der Waals surface area (Å²) >= 11 is 12.3. The third-order valence-electron chi connectivity index (χ3n) is 4.21. The van der Waals surface area contributed by atoms with Crippen LogP contribution in [0.25, 0.3) is 12.2 Å². The average Bonchev–Trinajstić information content (AvgIpc) is 2.58. The molecular weight excluding hydrogens is 327 g/mol. The van der Waals surface area contributed by atoms with Gasteiger partial charge in [-0.1, -0.05) is 41.4 Å². The van der Waals surface area contributed by atoms with Crippen molar-refractivity contribution in [3.63, 3.8) is 0 Å². The number of halogens is 2. The van der Waals surface area contributed by atoms with E-state index in [0.717, 1.165) is 24.3 Å². The van der Waals surface area contributed by atoms with Gasteiger partial charge in [0, 0.05) is 25.0 Å². The zero-order valence-corrected chi connectivity index (χ0v) is 14.7. The van der Waals surface area contributed by atoms with Crippen molar-refractivity contribution in [3.05, 3.63) is 57.3 Å². The number of aryl methyl sites for hydroxylation is 1. The molecule has 1 saturated heterocycles. The van der Waals surface area contributed by atoms with Gasteiger partial charge in [0.1, 0.15) is 0 Å². The van der Waals surface area contributed by atoms with Crippen molar-refractivity contribution in [2.45, 2.75) is 26.2 Å². The van der Waals surface area contributed by atoms with Crippen LogP contribution >= 0.6 is 23.2 Å². The largest absolute Gasteiger partial charge is 0.371 e. The lowest BCUT2D eigenvalue weighted by atomic mass is 10.1. The van der Waals surface area contributed by atoms with Gasteiger partial charge < -0.3 is 4.90 Å². The van der Waals surface area contributed by atoms with E-state index in [-0.39, 0.29) is 0 Å². The number of nitrogens with zero attached hydrogens (tertiary/aromatic N) is 2. The highest BCUT2D eigenvalue weighted by atomic mass is 35.5. The maximum absolute atomic E-state index is 6.23. The molecule has 2 aromatic rings. The molecule has 0 N–H and O–H groups in total. The van der Waals surface area contributed by atoms with Crippen molar-refractivity contribution in [3.8, 4) is 0 Å². The predicted octanol–water partition coefficient (Wildman–Crippen LogP) is 5.86. The van der Waals surface area contributed by atoms with E-state index in [0.29, 0.717) is 10.0 Å². The minimum atomic E-state index is 0.569. The smallest absolute Gasteiger partial charge is 0.0664 e. The van der Waals surface area contributed by atoms with Crippen LogP contribution in [0.15, 0.2) is 30.5 Å². The van der Waals surface area contributed by atoms with Crippen LogP contribution in [0.2, 0.25) is 10.0 Å². The molecule has 3 rings (SSSR count). The summed E-state index contributed by atoms with van der Waals surface area (Å²) in [5, 5.41) is 1.15. The third kappa shape index (κ3) is 3.88. The fourth-order valence-electron chi connectivity index (χ4n) is 2.92. The van der Waals surface area contributed by atoms with Crippen molar-refractivity contribution in [2.75, 3.05) is 18.0 Å². The highest BCUT2D eigenvalue weighted by Gasteiger charge is 2.13. The number of aromatic nitrogens is 1. The van der Waals surface area contributed by atoms with E-state index < -0.39 is 0 Å². The van der Waals surface area contributed by atoms with Crippen molar-refractivity contribution in [2.24, 2.45) is 0 Å². The molecule has 0 bridgehead atoms. The number of rotatable bonds is 3.